The second-order valence-corrected chi connectivity index (χ2v) is 20.8. The maximum absolute atomic E-state index is 5.48. The number of hydrogen-bond acceptors (Lipinski definition) is 6. The van der Waals surface area contributed by atoms with Crippen LogP contribution in [0.4, 0.5) is 0 Å². The lowest BCUT2D eigenvalue weighted by Crippen LogP contribution is -2.19. The number of rotatable bonds is 33. The molecule has 0 aromatic carbocycles. The first kappa shape index (κ1) is 52.8. The van der Waals surface area contributed by atoms with E-state index in [9.17, 15) is 0 Å². The van der Waals surface area contributed by atoms with Gasteiger partial charge in [-0.2, -0.15) is 0 Å². The second kappa shape index (κ2) is 29.4. The van der Waals surface area contributed by atoms with Crippen LogP contribution in [0.25, 0.3) is 16.7 Å². The number of fused-ring (bicyclic) bond motifs is 5. The minimum absolute atomic E-state index is 0.872. The predicted octanol–water partition coefficient (Wildman–Crippen LogP) is 17.4. The van der Waals surface area contributed by atoms with Gasteiger partial charge in [-0.1, -0.05) is 194 Å². The van der Waals surface area contributed by atoms with Gasteiger partial charge in [0.15, 0.2) is 0 Å². The van der Waals surface area contributed by atoms with Gasteiger partial charge in [-0.05, 0) is 74.3 Å². The van der Waals surface area contributed by atoms with Gasteiger partial charge in [-0.15, -0.1) is 0 Å². The fourth-order valence-corrected chi connectivity index (χ4v) is 10.9. The maximum atomic E-state index is 5.48. The van der Waals surface area contributed by atoms with Gasteiger partial charge in [0.1, 0.15) is 11.6 Å². The van der Waals surface area contributed by atoms with Crippen molar-refractivity contribution >= 4 is 33.9 Å². The smallest absolute Gasteiger partial charge is 0.144 e. The molecule has 0 spiro atoms. The monoisotopic (exact) mass is 947 g/mol. The standard InChI is InChI=1S/C62H90N8/c1-5-7-9-11-13-15-17-19-21-23-25-27-29-31-33-35-49-51-37-41-55(65-51)59(61-63-45-47-69(61)3)57-43-39-53(67-57)50(36-34-32-30-28-26-24-22-20-18-16-14-12-10-8-6-2)54-40-44-58(68-54)60(56-42-38-52(49)66-56)62-64-46-48-70(62)4/h37-48,63,65H,5-36H2,1-4H3/b52-49?,53-50?,60-58?,61-59-. The molecule has 0 saturated heterocycles. The first-order valence-electron chi connectivity index (χ1n) is 28.7. The SMILES string of the molecule is CCCCCCCCCCCCCCCCCC1=C2C=CC(=N2)/C(=C2/NC=CN2C)c2ccc([nH]2)C(CCCCCCCCCCCCCCCCC)=C2C=CC(=N2)C(c2nccn2C)=C2C=CC1=N2. The molecule has 5 aliphatic heterocycles. The summed E-state index contributed by atoms with van der Waals surface area (Å²) in [6, 6.07) is 4.50. The number of aryl methyl sites for hydroxylation is 1. The summed E-state index contributed by atoms with van der Waals surface area (Å²) in [5.74, 6) is 1.89. The molecule has 8 nitrogen and oxygen atoms in total. The lowest BCUT2D eigenvalue weighted by atomic mass is 9.99. The van der Waals surface area contributed by atoms with Crippen LogP contribution in [0.3, 0.4) is 0 Å². The largest absolute Gasteiger partial charge is 0.355 e. The van der Waals surface area contributed by atoms with Gasteiger partial charge in [0.05, 0.1) is 51.1 Å². The van der Waals surface area contributed by atoms with Crippen molar-refractivity contribution in [3.8, 4) is 0 Å². The Kier molecular flexibility index (Phi) is 22.2. The van der Waals surface area contributed by atoms with Gasteiger partial charge in [-0.25, -0.2) is 20.0 Å². The number of hydrogen-bond donors (Lipinski definition) is 2. The molecule has 2 aromatic rings. The number of allylic oxidation sites excluding steroid dienone is 10. The molecule has 70 heavy (non-hydrogen) atoms. The highest BCUT2D eigenvalue weighted by Crippen LogP contribution is 2.37. The zero-order valence-electron chi connectivity index (χ0n) is 44.2. The van der Waals surface area contributed by atoms with Gasteiger partial charge in [0.25, 0.3) is 0 Å². The number of imidazole rings is 1. The Morgan fingerprint density at radius 1 is 0.443 bits per heavy atom. The topological polar surface area (TPSA) is 86.0 Å². The van der Waals surface area contributed by atoms with Gasteiger partial charge in [0, 0.05) is 55.7 Å². The molecule has 8 bridgehead atoms. The summed E-state index contributed by atoms with van der Waals surface area (Å²) in [5, 5.41) is 3.56. The number of nitrogens with one attached hydrogen (secondary N) is 2. The summed E-state index contributed by atoms with van der Waals surface area (Å²) in [6.07, 6.45) is 63.7. The van der Waals surface area contributed by atoms with Crippen molar-refractivity contribution in [3.05, 3.63) is 119 Å². The summed E-state index contributed by atoms with van der Waals surface area (Å²) < 4.78 is 2.09. The third-order valence-electron chi connectivity index (χ3n) is 15.1. The zero-order valence-corrected chi connectivity index (χ0v) is 44.2. The normalized spacial score (nSPS) is 17.3. The third kappa shape index (κ3) is 15.5. The summed E-state index contributed by atoms with van der Waals surface area (Å²) >= 11 is 0. The number of aromatic amines is 1. The van der Waals surface area contributed by atoms with Crippen LogP contribution in [0.1, 0.15) is 237 Å². The van der Waals surface area contributed by atoms with Crippen molar-refractivity contribution in [1.29, 1.82) is 0 Å². The molecule has 0 atom stereocenters. The van der Waals surface area contributed by atoms with Gasteiger partial charge in [0.2, 0.25) is 0 Å². The Hall–Kier alpha value is -4.98. The fraction of sp³-hybridized carbons (Fsp3) is 0.581. The molecule has 378 valence electrons. The van der Waals surface area contributed by atoms with Gasteiger partial charge in [-0.3, -0.25) is 0 Å². The van der Waals surface area contributed by atoms with E-state index in [0.29, 0.717) is 0 Å². The van der Waals surface area contributed by atoms with Crippen LogP contribution in [-0.2, 0) is 7.05 Å². The minimum atomic E-state index is 0.872. The number of nitrogens with zero attached hydrogens (tertiary/aromatic N) is 6. The summed E-state index contributed by atoms with van der Waals surface area (Å²) in [6.45, 7) is 4.60. The predicted molar refractivity (Wildman–Crippen MR) is 301 cm³/mol. The van der Waals surface area contributed by atoms with E-state index >= 15 is 0 Å². The maximum Gasteiger partial charge on any atom is 0.144 e. The number of H-pyrrole nitrogens is 1. The highest BCUT2D eigenvalue weighted by Gasteiger charge is 2.28. The Bertz CT molecular complexity index is 2320. The van der Waals surface area contributed by atoms with Crippen molar-refractivity contribution in [3.63, 3.8) is 0 Å². The van der Waals surface area contributed by atoms with Crippen LogP contribution in [0.2, 0.25) is 0 Å². The molecular weight excluding hydrogens is 857 g/mol. The minimum Gasteiger partial charge on any atom is -0.355 e. The van der Waals surface area contributed by atoms with E-state index in [1.807, 2.05) is 18.6 Å². The van der Waals surface area contributed by atoms with Gasteiger partial charge < -0.3 is 19.8 Å². The quantitative estimate of drug-likeness (QED) is 0.0699. The molecule has 0 radical (unpaired) electrons. The molecule has 0 fully saturated rings. The van der Waals surface area contributed by atoms with E-state index in [2.05, 4.69) is 102 Å². The van der Waals surface area contributed by atoms with Crippen LogP contribution < -0.4 is 5.32 Å². The van der Waals surface area contributed by atoms with E-state index in [1.54, 1.807) is 0 Å². The molecule has 7 heterocycles. The molecular formula is C62H90N8. The van der Waals surface area contributed by atoms with Crippen LogP contribution >= 0.6 is 0 Å². The number of unbranched alkanes of at least 4 members (excludes halogenated alkanes) is 28. The van der Waals surface area contributed by atoms with E-state index in [0.717, 1.165) is 94.1 Å². The molecule has 7 rings (SSSR count). The zero-order chi connectivity index (χ0) is 48.6. The third-order valence-corrected chi connectivity index (χ3v) is 15.1. The first-order chi connectivity index (χ1) is 34.6. The molecule has 2 N–H and O–H groups in total. The van der Waals surface area contributed by atoms with Crippen LogP contribution in [-0.4, -0.2) is 43.6 Å². The highest BCUT2D eigenvalue weighted by atomic mass is 15.3. The fourth-order valence-electron chi connectivity index (χ4n) is 10.9. The highest BCUT2D eigenvalue weighted by molar-refractivity contribution is 6.33. The lowest BCUT2D eigenvalue weighted by Gasteiger charge is -2.17. The Labute approximate surface area is 424 Å². The number of aliphatic imine (C=N–C) groups is 3. The Morgan fingerprint density at radius 2 is 0.871 bits per heavy atom. The van der Waals surface area contributed by atoms with Crippen molar-refractivity contribution in [1.82, 2.24) is 24.8 Å². The van der Waals surface area contributed by atoms with Crippen molar-refractivity contribution in [2.24, 2.45) is 22.0 Å². The Balaban J connectivity index is 1.06. The van der Waals surface area contributed by atoms with Crippen molar-refractivity contribution in [2.75, 3.05) is 7.05 Å². The molecule has 8 heteroatoms. The summed E-state index contributed by atoms with van der Waals surface area (Å²) in [5.41, 5.74) is 12.4. The van der Waals surface area contributed by atoms with Gasteiger partial charge >= 0.3 is 0 Å². The second-order valence-electron chi connectivity index (χ2n) is 20.8. The van der Waals surface area contributed by atoms with E-state index in [4.69, 9.17) is 20.0 Å². The van der Waals surface area contributed by atoms with E-state index < -0.39 is 0 Å². The average Bonchev–Trinajstić information content (AvgIpc) is 4.25. The average molecular weight is 947 g/mol. The molecule has 0 saturated carbocycles. The molecule has 2 aromatic heterocycles. The number of aromatic nitrogens is 3. The first-order valence-corrected chi connectivity index (χ1v) is 28.7. The van der Waals surface area contributed by atoms with Crippen LogP contribution in [0.5, 0.6) is 0 Å². The van der Waals surface area contributed by atoms with Crippen LogP contribution in [0, 0.1) is 0 Å². The summed E-state index contributed by atoms with van der Waals surface area (Å²) in [4.78, 5) is 27.4. The molecule has 0 amide bonds. The molecule has 0 unspecified atom stereocenters. The van der Waals surface area contributed by atoms with E-state index in [1.165, 1.54) is 191 Å². The van der Waals surface area contributed by atoms with Crippen molar-refractivity contribution < 1.29 is 0 Å². The van der Waals surface area contributed by atoms with Crippen molar-refractivity contribution in [2.45, 2.75) is 219 Å². The Morgan fingerprint density at radius 3 is 1.36 bits per heavy atom. The summed E-state index contributed by atoms with van der Waals surface area (Å²) in [7, 11) is 4.17. The van der Waals surface area contributed by atoms with Crippen LogP contribution in [0.15, 0.2) is 117 Å². The van der Waals surface area contributed by atoms with E-state index in [-0.39, 0.29) is 0 Å². The lowest BCUT2D eigenvalue weighted by molar-refractivity contribution is 0.532. The molecule has 0 aliphatic carbocycles. The molecule has 5 aliphatic rings.